The van der Waals surface area contributed by atoms with Crippen LogP contribution < -0.4 is 11.3 Å². The van der Waals surface area contributed by atoms with E-state index in [0.29, 0.717) is 12.1 Å². The molecular weight excluding hydrogens is 238 g/mol. The molecule has 1 heterocycles. The van der Waals surface area contributed by atoms with E-state index in [2.05, 4.69) is 29.2 Å². The number of nitrogens with zero attached hydrogens (tertiary/aromatic N) is 3. The van der Waals surface area contributed by atoms with Gasteiger partial charge in [0.2, 0.25) is 5.96 Å². The number of hydrogen-bond donors (Lipinski definition) is 2. The van der Waals surface area contributed by atoms with E-state index in [9.17, 15) is 0 Å². The van der Waals surface area contributed by atoms with Gasteiger partial charge in [0.05, 0.1) is 6.04 Å². The highest BCUT2D eigenvalue weighted by atomic mass is 15.4. The van der Waals surface area contributed by atoms with E-state index < -0.39 is 0 Å². The summed E-state index contributed by atoms with van der Waals surface area (Å²) in [6.07, 6.45) is 7.60. The van der Waals surface area contributed by atoms with Gasteiger partial charge in [-0.2, -0.15) is 0 Å². The van der Waals surface area contributed by atoms with Gasteiger partial charge in [0, 0.05) is 25.7 Å². The zero-order chi connectivity index (χ0) is 13.7. The van der Waals surface area contributed by atoms with E-state index in [0.717, 1.165) is 25.6 Å². The second kappa shape index (κ2) is 7.10. The van der Waals surface area contributed by atoms with Crippen LogP contribution in [0.4, 0.5) is 0 Å². The Labute approximate surface area is 117 Å². The zero-order valence-corrected chi connectivity index (χ0v) is 12.4. The van der Waals surface area contributed by atoms with Gasteiger partial charge in [-0.05, 0) is 26.3 Å². The van der Waals surface area contributed by atoms with Crippen LogP contribution in [0, 0.1) is 0 Å². The molecule has 2 fully saturated rings. The number of nitrogens with one attached hydrogen (secondary N) is 1. The Morgan fingerprint density at radius 1 is 1.26 bits per heavy atom. The minimum absolute atomic E-state index is 0.472. The molecule has 1 atom stereocenters. The largest absolute Gasteiger partial charge is 0.339 e. The highest BCUT2D eigenvalue weighted by Crippen LogP contribution is 2.21. The first-order chi connectivity index (χ1) is 9.24. The Hall–Kier alpha value is -0.810. The number of rotatable bonds is 2. The van der Waals surface area contributed by atoms with E-state index in [1.54, 1.807) is 0 Å². The predicted octanol–water partition coefficient (Wildman–Crippen LogP) is 1.16. The van der Waals surface area contributed by atoms with Crippen molar-refractivity contribution in [3.63, 3.8) is 0 Å². The van der Waals surface area contributed by atoms with E-state index in [1.807, 2.05) is 0 Å². The fraction of sp³-hybridized carbons (Fsp3) is 0.929. The van der Waals surface area contributed by atoms with Gasteiger partial charge >= 0.3 is 0 Å². The second-order valence-electron chi connectivity index (χ2n) is 5.88. The summed E-state index contributed by atoms with van der Waals surface area (Å²) >= 11 is 0. The summed E-state index contributed by atoms with van der Waals surface area (Å²) in [7, 11) is 2.21. The van der Waals surface area contributed by atoms with Crippen LogP contribution in [0.1, 0.15) is 45.4 Å². The lowest BCUT2D eigenvalue weighted by Crippen LogP contribution is -2.57. The Morgan fingerprint density at radius 3 is 2.63 bits per heavy atom. The molecule has 0 bridgehead atoms. The predicted molar refractivity (Wildman–Crippen MR) is 79.9 cm³/mol. The molecule has 0 radical (unpaired) electrons. The maximum Gasteiger partial charge on any atom is 0.208 e. The van der Waals surface area contributed by atoms with Crippen LogP contribution in [0.3, 0.4) is 0 Å². The average molecular weight is 267 g/mol. The van der Waals surface area contributed by atoms with Crippen molar-refractivity contribution >= 4 is 5.96 Å². The fourth-order valence-electron chi connectivity index (χ4n) is 3.17. The minimum atomic E-state index is 0.472. The number of piperazine rings is 1. The zero-order valence-electron chi connectivity index (χ0n) is 12.4. The van der Waals surface area contributed by atoms with Crippen molar-refractivity contribution in [2.45, 2.75) is 57.5 Å². The summed E-state index contributed by atoms with van der Waals surface area (Å²) in [6, 6.07) is 1.08. The van der Waals surface area contributed by atoms with Crippen LogP contribution in [0.25, 0.3) is 0 Å². The number of likely N-dealkylation sites (N-methyl/N-ethyl adjacent to an activating group) is 1. The molecule has 5 nitrogen and oxygen atoms in total. The van der Waals surface area contributed by atoms with Crippen molar-refractivity contribution in [3.8, 4) is 0 Å². The summed E-state index contributed by atoms with van der Waals surface area (Å²) < 4.78 is 0. The highest BCUT2D eigenvalue weighted by molar-refractivity contribution is 5.79. The third-order valence-corrected chi connectivity index (χ3v) is 4.56. The topological polar surface area (TPSA) is 56.9 Å². The molecule has 3 N–H and O–H groups in total. The lowest BCUT2D eigenvalue weighted by molar-refractivity contribution is 0.134. The molecule has 1 aliphatic heterocycles. The van der Waals surface area contributed by atoms with Crippen LogP contribution in [-0.2, 0) is 0 Å². The molecule has 19 heavy (non-hydrogen) atoms. The first-order valence-corrected chi connectivity index (χ1v) is 7.74. The van der Waals surface area contributed by atoms with Crippen LogP contribution >= 0.6 is 0 Å². The standard InChI is InChI=1S/C14H29N5/c1-3-13-11-19(10-9-18(13)2)14(17-15)16-12-7-5-4-6-8-12/h12-13H,3-11,15H2,1-2H3,(H,16,17). The van der Waals surface area contributed by atoms with Crippen molar-refractivity contribution in [1.29, 1.82) is 0 Å². The summed E-state index contributed by atoms with van der Waals surface area (Å²) in [4.78, 5) is 9.62. The molecular formula is C14H29N5. The number of aliphatic imine (C=N–C) groups is 1. The Morgan fingerprint density at radius 2 is 2.00 bits per heavy atom. The summed E-state index contributed by atoms with van der Waals surface area (Å²) in [5, 5.41) is 0. The quantitative estimate of drug-likeness (QED) is 0.341. The van der Waals surface area contributed by atoms with Crippen LogP contribution in [0.2, 0.25) is 0 Å². The number of hydrazine groups is 1. The SMILES string of the molecule is CCC1CN(C(=NC2CCCCC2)NN)CCN1C. The van der Waals surface area contributed by atoms with Crippen LogP contribution in [0.15, 0.2) is 4.99 Å². The maximum absolute atomic E-state index is 5.71. The number of hydrogen-bond acceptors (Lipinski definition) is 3. The van der Waals surface area contributed by atoms with Crippen molar-refractivity contribution in [2.75, 3.05) is 26.7 Å². The first kappa shape index (κ1) is 14.6. The maximum atomic E-state index is 5.71. The lowest BCUT2D eigenvalue weighted by Gasteiger charge is -2.40. The molecule has 5 heteroatoms. The van der Waals surface area contributed by atoms with E-state index in [1.165, 1.54) is 38.5 Å². The molecule has 110 valence electrons. The second-order valence-corrected chi connectivity index (χ2v) is 5.88. The van der Waals surface area contributed by atoms with Gasteiger partial charge in [0.15, 0.2) is 0 Å². The third kappa shape index (κ3) is 3.83. The van der Waals surface area contributed by atoms with Gasteiger partial charge < -0.3 is 4.90 Å². The molecule has 2 aliphatic rings. The average Bonchev–Trinajstić information content (AvgIpc) is 2.46. The molecule has 0 aromatic heterocycles. The Bertz CT molecular complexity index is 298. The summed E-state index contributed by atoms with van der Waals surface area (Å²) in [6.45, 7) is 5.38. The van der Waals surface area contributed by atoms with Crippen molar-refractivity contribution in [1.82, 2.24) is 15.2 Å². The molecule has 1 saturated heterocycles. The summed E-state index contributed by atoms with van der Waals surface area (Å²) in [5.74, 6) is 6.61. The molecule has 0 aromatic carbocycles. The van der Waals surface area contributed by atoms with Crippen LogP contribution in [0.5, 0.6) is 0 Å². The molecule has 0 spiro atoms. The molecule has 1 unspecified atom stereocenters. The Balaban J connectivity index is 1.98. The van der Waals surface area contributed by atoms with Gasteiger partial charge in [-0.3, -0.25) is 10.3 Å². The van der Waals surface area contributed by atoms with Crippen molar-refractivity contribution < 1.29 is 0 Å². The minimum Gasteiger partial charge on any atom is -0.339 e. The van der Waals surface area contributed by atoms with Gasteiger partial charge in [-0.15, -0.1) is 0 Å². The molecule has 1 saturated carbocycles. The van der Waals surface area contributed by atoms with E-state index >= 15 is 0 Å². The normalized spacial score (nSPS) is 27.6. The molecule has 0 amide bonds. The molecule has 1 aliphatic carbocycles. The molecule has 0 aromatic rings. The van der Waals surface area contributed by atoms with Gasteiger partial charge in [-0.1, -0.05) is 26.2 Å². The fourth-order valence-corrected chi connectivity index (χ4v) is 3.17. The van der Waals surface area contributed by atoms with Gasteiger partial charge in [0.1, 0.15) is 0 Å². The molecule has 2 rings (SSSR count). The van der Waals surface area contributed by atoms with E-state index in [-0.39, 0.29) is 0 Å². The smallest absolute Gasteiger partial charge is 0.208 e. The van der Waals surface area contributed by atoms with Crippen LogP contribution in [-0.4, -0.2) is 54.5 Å². The number of guanidine groups is 1. The van der Waals surface area contributed by atoms with Gasteiger partial charge in [0.25, 0.3) is 0 Å². The summed E-state index contributed by atoms with van der Waals surface area (Å²) in [5.41, 5.74) is 2.84. The Kier molecular flexibility index (Phi) is 5.45. The monoisotopic (exact) mass is 267 g/mol. The highest BCUT2D eigenvalue weighted by Gasteiger charge is 2.25. The van der Waals surface area contributed by atoms with Gasteiger partial charge in [-0.25, -0.2) is 10.8 Å². The van der Waals surface area contributed by atoms with Crippen molar-refractivity contribution in [2.24, 2.45) is 10.8 Å². The lowest BCUT2D eigenvalue weighted by atomic mass is 9.96. The number of nitrogens with two attached hydrogens (primary N) is 1. The van der Waals surface area contributed by atoms with E-state index in [4.69, 9.17) is 10.8 Å². The van der Waals surface area contributed by atoms with Crippen molar-refractivity contribution in [3.05, 3.63) is 0 Å². The first-order valence-electron chi connectivity index (χ1n) is 7.74. The third-order valence-electron chi connectivity index (χ3n) is 4.56.